The summed E-state index contributed by atoms with van der Waals surface area (Å²) in [5.41, 5.74) is -2.46. The van der Waals surface area contributed by atoms with Gasteiger partial charge in [0.05, 0.1) is 30.2 Å². The summed E-state index contributed by atoms with van der Waals surface area (Å²) in [5.74, 6) is -0.591. The monoisotopic (exact) mass is 366 g/mol. The summed E-state index contributed by atoms with van der Waals surface area (Å²) in [6.07, 6.45) is -6.38. The lowest BCUT2D eigenvalue weighted by molar-refractivity contribution is -0.262. The van der Waals surface area contributed by atoms with Crippen LogP contribution in [0.4, 0.5) is 22.0 Å². The van der Waals surface area contributed by atoms with Gasteiger partial charge in [0.2, 0.25) is 11.5 Å². The van der Waals surface area contributed by atoms with E-state index in [0.717, 1.165) is 0 Å². The molecule has 0 aliphatic carbocycles. The molecule has 0 radical (unpaired) electrons. The van der Waals surface area contributed by atoms with E-state index in [0.29, 0.717) is 12.6 Å². The van der Waals surface area contributed by atoms with Crippen molar-refractivity contribution in [2.24, 2.45) is 0 Å². The third kappa shape index (κ3) is 2.86. The SMILES string of the molecule is C[C@H]1Cn2nc(OCC(F)F)cc2-c2cnc([C@@](C)(O)C(F)(F)F)n21. The van der Waals surface area contributed by atoms with E-state index in [1.54, 1.807) is 6.92 Å². The van der Waals surface area contributed by atoms with E-state index in [-0.39, 0.29) is 18.1 Å². The zero-order valence-corrected chi connectivity index (χ0v) is 13.3. The second-order valence-electron chi connectivity index (χ2n) is 6.01. The van der Waals surface area contributed by atoms with Crippen molar-refractivity contribution in [1.29, 1.82) is 0 Å². The van der Waals surface area contributed by atoms with Crippen LogP contribution in [0.15, 0.2) is 12.3 Å². The van der Waals surface area contributed by atoms with Crippen LogP contribution in [-0.4, -0.2) is 43.6 Å². The van der Waals surface area contributed by atoms with Gasteiger partial charge in [-0.3, -0.25) is 4.68 Å². The van der Waals surface area contributed by atoms with Gasteiger partial charge in [-0.1, -0.05) is 0 Å². The van der Waals surface area contributed by atoms with Gasteiger partial charge in [0.25, 0.3) is 6.43 Å². The molecule has 0 fully saturated rings. The Balaban J connectivity index is 2.03. The summed E-state index contributed by atoms with van der Waals surface area (Å²) in [6, 6.07) is 0.866. The molecule has 0 bridgehead atoms. The second kappa shape index (κ2) is 5.68. The Morgan fingerprint density at radius 2 is 2.04 bits per heavy atom. The topological polar surface area (TPSA) is 65.1 Å². The molecule has 0 unspecified atom stereocenters. The van der Waals surface area contributed by atoms with Gasteiger partial charge < -0.3 is 14.4 Å². The summed E-state index contributed by atoms with van der Waals surface area (Å²) < 4.78 is 71.6. The smallest absolute Gasteiger partial charge is 0.424 e. The Bertz CT molecular complexity index is 781. The number of alkyl halides is 5. The van der Waals surface area contributed by atoms with Crippen molar-refractivity contribution in [3.63, 3.8) is 0 Å². The van der Waals surface area contributed by atoms with Crippen LogP contribution in [-0.2, 0) is 12.1 Å². The van der Waals surface area contributed by atoms with E-state index in [1.165, 1.54) is 21.5 Å². The van der Waals surface area contributed by atoms with Gasteiger partial charge >= 0.3 is 6.18 Å². The van der Waals surface area contributed by atoms with Crippen LogP contribution >= 0.6 is 0 Å². The molecule has 1 aliphatic heterocycles. The standard InChI is InChI=1S/C14H15F5N4O2/c1-7-5-22-8(3-11(21-22)25-6-10(15)16)9-4-20-12(23(7)9)13(2,24)14(17,18)19/h3-4,7,10,24H,5-6H2,1-2H3/t7-,13+/m0/s1. The summed E-state index contributed by atoms with van der Waals surface area (Å²) in [6.45, 7) is 1.63. The molecule has 0 amide bonds. The van der Waals surface area contributed by atoms with Crippen molar-refractivity contribution < 1.29 is 31.8 Å². The molecule has 2 aromatic heterocycles. The maximum Gasteiger partial charge on any atom is 0.424 e. The minimum absolute atomic E-state index is 0.0544. The highest BCUT2D eigenvalue weighted by Gasteiger charge is 2.55. The number of fused-ring (bicyclic) bond motifs is 3. The molecule has 0 spiro atoms. The van der Waals surface area contributed by atoms with Crippen LogP contribution < -0.4 is 4.74 Å². The first-order chi connectivity index (χ1) is 11.5. The highest BCUT2D eigenvalue weighted by atomic mass is 19.4. The Labute approximate surface area is 138 Å². The van der Waals surface area contributed by atoms with E-state index in [4.69, 9.17) is 4.74 Å². The van der Waals surface area contributed by atoms with E-state index < -0.39 is 36.7 Å². The number of halogens is 5. The van der Waals surface area contributed by atoms with Gasteiger partial charge in [0.1, 0.15) is 0 Å². The van der Waals surface area contributed by atoms with Crippen molar-refractivity contribution in [3.8, 4) is 17.3 Å². The third-order valence-electron chi connectivity index (χ3n) is 4.04. The molecule has 138 valence electrons. The number of hydrogen-bond acceptors (Lipinski definition) is 4. The van der Waals surface area contributed by atoms with Gasteiger partial charge in [-0.15, -0.1) is 5.10 Å². The zero-order valence-electron chi connectivity index (χ0n) is 13.3. The molecule has 1 N–H and O–H groups in total. The number of hydrogen-bond donors (Lipinski definition) is 1. The normalized spacial score (nSPS) is 19.5. The van der Waals surface area contributed by atoms with Gasteiger partial charge in [0, 0.05) is 6.07 Å². The van der Waals surface area contributed by atoms with Gasteiger partial charge in [-0.2, -0.15) is 13.2 Å². The first-order valence-corrected chi connectivity index (χ1v) is 7.38. The van der Waals surface area contributed by atoms with Crippen LogP contribution in [0.1, 0.15) is 25.7 Å². The van der Waals surface area contributed by atoms with Gasteiger partial charge in [-0.05, 0) is 13.8 Å². The molecule has 0 saturated heterocycles. The maximum absolute atomic E-state index is 13.2. The van der Waals surface area contributed by atoms with Crippen LogP contribution in [0.5, 0.6) is 5.88 Å². The zero-order chi connectivity index (χ0) is 18.6. The third-order valence-corrected chi connectivity index (χ3v) is 4.04. The molecule has 0 saturated carbocycles. The Morgan fingerprint density at radius 1 is 1.36 bits per heavy atom. The number of aromatic nitrogens is 4. The fraction of sp³-hybridized carbons (Fsp3) is 0.571. The summed E-state index contributed by atoms with van der Waals surface area (Å²) >= 11 is 0. The molecule has 2 atom stereocenters. The van der Waals surface area contributed by atoms with E-state index in [9.17, 15) is 27.1 Å². The molecular weight excluding hydrogens is 351 g/mol. The Hall–Kier alpha value is -2.17. The summed E-state index contributed by atoms with van der Waals surface area (Å²) in [7, 11) is 0. The minimum Gasteiger partial charge on any atom is -0.471 e. The van der Waals surface area contributed by atoms with Crippen molar-refractivity contribution in [3.05, 3.63) is 18.1 Å². The summed E-state index contributed by atoms with van der Waals surface area (Å²) in [4.78, 5) is 3.76. The number of ether oxygens (including phenoxy) is 1. The largest absolute Gasteiger partial charge is 0.471 e. The molecule has 6 nitrogen and oxygen atoms in total. The lowest BCUT2D eigenvalue weighted by Crippen LogP contribution is -2.42. The fourth-order valence-corrected chi connectivity index (χ4v) is 2.77. The maximum atomic E-state index is 13.2. The van der Waals surface area contributed by atoms with Crippen LogP contribution in [0, 0.1) is 0 Å². The molecule has 3 rings (SSSR count). The quantitative estimate of drug-likeness (QED) is 0.845. The Kier molecular flexibility index (Phi) is 4.01. The highest BCUT2D eigenvalue weighted by Crippen LogP contribution is 2.42. The molecule has 1 aliphatic rings. The lowest BCUT2D eigenvalue weighted by atomic mass is 10.0. The number of nitrogens with zero attached hydrogens (tertiary/aromatic N) is 4. The number of imidazole rings is 1. The molecular formula is C14H15F5N4O2. The van der Waals surface area contributed by atoms with E-state index in [1.807, 2.05) is 0 Å². The Morgan fingerprint density at radius 3 is 2.64 bits per heavy atom. The molecule has 2 aromatic rings. The first kappa shape index (κ1) is 17.6. The molecule has 11 heteroatoms. The lowest BCUT2D eigenvalue weighted by Gasteiger charge is -2.31. The number of aliphatic hydroxyl groups is 1. The average Bonchev–Trinajstić information content (AvgIpc) is 3.07. The number of rotatable bonds is 4. The van der Waals surface area contributed by atoms with Crippen molar-refractivity contribution >= 4 is 0 Å². The van der Waals surface area contributed by atoms with Gasteiger partial charge in [-0.25, -0.2) is 13.8 Å². The van der Waals surface area contributed by atoms with Crippen molar-refractivity contribution in [2.45, 2.75) is 44.6 Å². The van der Waals surface area contributed by atoms with Crippen molar-refractivity contribution in [2.75, 3.05) is 6.61 Å². The first-order valence-electron chi connectivity index (χ1n) is 7.38. The van der Waals surface area contributed by atoms with Crippen LogP contribution in [0.2, 0.25) is 0 Å². The minimum atomic E-state index is -4.90. The van der Waals surface area contributed by atoms with Gasteiger partial charge in [0.15, 0.2) is 12.4 Å². The summed E-state index contributed by atoms with van der Waals surface area (Å²) in [5, 5.41) is 14.0. The predicted octanol–water partition coefficient (Wildman–Crippen LogP) is 2.73. The van der Waals surface area contributed by atoms with Crippen LogP contribution in [0.3, 0.4) is 0 Å². The van der Waals surface area contributed by atoms with Crippen molar-refractivity contribution in [1.82, 2.24) is 19.3 Å². The second-order valence-corrected chi connectivity index (χ2v) is 6.01. The molecule has 3 heterocycles. The highest BCUT2D eigenvalue weighted by molar-refractivity contribution is 5.58. The average molecular weight is 366 g/mol. The molecule has 0 aromatic carbocycles. The predicted molar refractivity (Wildman–Crippen MR) is 75.3 cm³/mol. The van der Waals surface area contributed by atoms with Crippen LogP contribution in [0.25, 0.3) is 11.4 Å². The fourth-order valence-electron chi connectivity index (χ4n) is 2.77. The molecule has 25 heavy (non-hydrogen) atoms. The van der Waals surface area contributed by atoms with E-state index >= 15 is 0 Å². The van der Waals surface area contributed by atoms with E-state index in [2.05, 4.69) is 10.1 Å².